The lowest BCUT2D eigenvalue weighted by atomic mass is 9.90. The molecule has 0 aromatic heterocycles. The van der Waals surface area contributed by atoms with Crippen molar-refractivity contribution >= 4 is 0 Å². The van der Waals surface area contributed by atoms with Crippen molar-refractivity contribution in [3.8, 4) is 0 Å². The first-order valence-corrected chi connectivity index (χ1v) is 11.3. The Labute approximate surface area is 186 Å². The molecule has 1 saturated heterocycles. The van der Waals surface area contributed by atoms with Gasteiger partial charge in [-0.2, -0.15) is 0 Å². The van der Waals surface area contributed by atoms with Crippen LogP contribution < -0.4 is 0 Å². The van der Waals surface area contributed by atoms with E-state index in [4.69, 9.17) is 9.47 Å². The third-order valence-corrected chi connectivity index (χ3v) is 5.88. The molecule has 1 aliphatic heterocycles. The van der Waals surface area contributed by atoms with Crippen LogP contribution in [-0.4, -0.2) is 23.8 Å². The van der Waals surface area contributed by atoms with E-state index in [9.17, 15) is 0 Å². The Morgan fingerprint density at radius 3 is 1.90 bits per heavy atom. The van der Waals surface area contributed by atoms with Crippen LogP contribution in [0.3, 0.4) is 0 Å². The molecule has 0 aliphatic carbocycles. The first-order valence-electron chi connectivity index (χ1n) is 11.3. The van der Waals surface area contributed by atoms with Gasteiger partial charge in [0.05, 0.1) is 25.4 Å². The molecular weight excluding hydrogens is 382 g/mol. The molecule has 3 aromatic carbocycles. The molecule has 1 fully saturated rings. The molecule has 3 nitrogen and oxygen atoms in total. The maximum atomic E-state index is 6.48. The number of ether oxygens (including phenoxy) is 2. The number of hydrogen-bond donors (Lipinski definition) is 0. The number of rotatable bonds is 10. The van der Waals surface area contributed by atoms with Crippen LogP contribution in [-0.2, 0) is 22.7 Å². The van der Waals surface area contributed by atoms with Gasteiger partial charge >= 0.3 is 0 Å². The van der Waals surface area contributed by atoms with Crippen molar-refractivity contribution in [1.82, 2.24) is 4.90 Å². The molecule has 0 amide bonds. The minimum atomic E-state index is 0.0713. The summed E-state index contributed by atoms with van der Waals surface area (Å²) in [4.78, 5) is 2.48. The Morgan fingerprint density at radius 1 is 0.774 bits per heavy atom. The van der Waals surface area contributed by atoms with Gasteiger partial charge in [0.15, 0.2) is 0 Å². The van der Waals surface area contributed by atoms with Crippen molar-refractivity contribution in [2.24, 2.45) is 5.92 Å². The van der Waals surface area contributed by atoms with E-state index in [2.05, 4.69) is 97.6 Å². The third kappa shape index (κ3) is 5.82. The molecule has 3 atom stereocenters. The predicted molar refractivity (Wildman–Crippen MR) is 125 cm³/mol. The fourth-order valence-corrected chi connectivity index (χ4v) is 4.24. The molecule has 0 bridgehead atoms. The SMILES string of the molecule is CC(C)C[C@H](OCc1ccccc1)N1C[C@@H](OCc2ccccc2)[C@H]1c1ccccc1. The second kappa shape index (κ2) is 10.7. The van der Waals surface area contributed by atoms with Gasteiger partial charge in [0.1, 0.15) is 6.23 Å². The van der Waals surface area contributed by atoms with E-state index in [1.54, 1.807) is 0 Å². The van der Waals surface area contributed by atoms with Gasteiger partial charge in [-0.3, -0.25) is 4.90 Å². The number of hydrogen-bond acceptors (Lipinski definition) is 3. The molecule has 0 saturated carbocycles. The summed E-state index contributed by atoms with van der Waals surface area (Å²) in [5, 5.41) is 0. The second-order valence-corrected chi connectivity index (χ2v) is 8.77. The Kier molecular flexibility index (Phi) is 7.52. The van der Waals surface area contributed by atoms with Crippen LogP contribution in [0.2, 0.25) is 0 Å². The largest absolute Gasteiger partial charge is 0.370 e. The minimum absolute atomic E-state index is 0.0713. The Morgan fingerprint density at radius 2 is 1.32 bits per heavy atom. The average Bonchev–Trinajstić information content (AvgIpc) is 2.78. The molecule has 3 heteroatoms. The molecule has 0 radical (unpaired) electrons. The van der Waals surface area contributed by atoms with E-state index in [1.165, 1.54) is 16.7 Å². The highest BCUT2D eigenvalue weighted by Crippen LogP contribution is 2.39. The first-order chi connectivity index (χ1) is 15.2. The topological polar surface area (TPSA) is 21.7 Å². The van der Waals surface area contributed by atoms with Crippen LogP contribution in [0.5, 0.6) is 0 Å². The summed E-state index contributed by atoms with van der Waals surface area (Å²) >= 11 is 0. The van der Waals surface area contributed by atoms with Gasteiger partial charge in [0.25, 0.3) is 0 Å². The maximum absolute atomic E-state index is 6.48. The Hall–Kier alpha value is -2.46. The normalized spacial score (nSPS) is 19.8. The van der Waals surface area contributed by atoms with Crippen molar-refractivity contribution in [3.05, 3.63) is 108 Å². The first kappa shape index (κ1) is 21.8. The summed E-state index contributed by atoms with van der Waals surface area (Å²) in [7, 11) is 0. The summed E-state index contributed by atoms with van der Waals surface area (Å²) in [6.45, 7) is 6.69. The van der Waals surface area contributed by atoms with Crippen molar-refractivity contribution in [2.75, 3.05) is 6.54 Å². The molecule has 0 unspecified atom stereocenters. The molecular formula is C28H33NO2. The zero-order valence-corrected chi connectivity index (χ0v) is 18.6. The minimum Gasteiger partial charge on any atom is -0.370 e. The van der Waals surface area contributed by atoms with Crippen molar-refractivity contribution in [2.45, 2.75) is 51.9 Å². The van der Waals surface area contributed by atoms with Gasteiger partial charge in [0.2, 0.25) is 0 Å². The van der Waals surface area contributed by atoms with E-state index in [0.717, 1.165) is 13.0 Å². The van der Waals surface area contributed by atoms with Gasteiger partial charge in [-0.1, -0.05) is 105 Å². The number of benzene rings is 3. The molecule has 0 N–H and O–H groups in total. The van der Waals surface area contributed by atoms with Crippen molar-refractivity contribution < 1.29 is 9.47 Å². The number of likely N-dealkylation sites (tertiary alicyclic amines) is 1. The summed E-state index contributed by atoms with van der Waals surface area (Å²) in [6, 6.07) is 31.8. The van der Waals surface area contributed by atoms with E-state index >= 15 is 0 Å². The molecule has 0 spiro atoms. The summed E-state index contributed by atoms with van der Waals surface area (Å²) in [5.41, 5.74) is 3.72. The van der Waals surface area contributed by atoms with E-state index < -0.39 is 0 Å². The van der Waals surface area contributed by atoms with Gasteiger partial charge in [-0.25, -0.2) is 0 Å². The van der Waals surface area contributed by atoms with Gasteiger partial charge in [0, 0.05) is 6.54 Å². The molecule has 1 aliphatic rings. The number of nitrogens with zero attached hydrogens (tertiary/aromatic N) is 1. The molecule has 31 heavy (non-hydrogen) atoms. The molecule has 3 aromatic rings. The smallest absolute Gasteiger partial charge is 0.111 e. The fraction of sp³-hybridized carbons (Fsp3) is 0.357. The molecule has 1 heterocycles. The van der Waals surface area contributed by atoms with Crippen LogP contribution in [0.4, 0.5) is 0 Å². The third-order valence-electron chi connectivity index (χ3n) is 5.88. The summed E-state index contributed by atoms with van der Waals surface area (Å²) in [6.07, 6.45) is 1.24. The zero-order chi connectivity index (χ0) is 21.5. The standard InChI is InChI=1S/C28H33NO2/c1-22(2)18-27(31-21-24-14-8-4-9-15-24)29-19-26(28(29)25-16-10-5-11-17-25)30-20-23-12-6-3-7-13-23/h3-17,22,26-28H,18-21H2,1-2H3/t26-,27+,28-/m1/s1. The van der Waals surface area contributed by atoms with E-state index in [1.807, 2.05) is 12.1 Å². The Bertz CT molecular complexity index is 898. The van der Waals surface area contributed by atoms with E-state index in [-0.39, 0.29) is 18.4 Å². The summed E-state index contributed by atoms with van der Waals surface area (Å²) < 4.78 is 12.9. The second-order valence-electron chi connectivity index (χ2n) is 8.77. The molecule has 162 valence electrons. The van der Waals surface area contributed by atoms with Gasteiger partial charge in [-0.05, 0) is 29.0 Å². The lowest BCUT2D eigenvalue weighted by Crippen LogP contribution is -2.59. The molecule has 4 rings (SSSR count). The highest BCUT2D eigenvalue weighted by Gasteiger charge is 2.44. The van der Waals surface area contributed by atoms with Crippen LogP contribution in [0.15, 0.2) is 91.0 Å². The lowest BCUT2D eigenvalue weighted by molar-refractivity contribution is -0.198. The van der Waals surface area contributed by atoms with Crippen LogP contribution in [0.1, 0.15) is 43.0 Å². The highest BCUT2D eigenvalue weighted by atomic mass is 16.5. The maximum Gasteiger partial charge on any atom is 0.111 e. The zero-order valence-electron chi connectivity index (χ0n) is 18.6. The van der Waals surface area contributed by atoms with E-state index in [0.29, 0.717) is 19.1 Å². The van der Waals surface area contributed by atoms with Crippen LogP contribution >= 0.6 is 0 Å². The Balaban J connectivity index is 1.48. The summed E-state index contributed by atoms with van der Waals surface area (Å²) in [5.74, 6) is 0.557. The van der Waals surface area contributed by atoms with Crippen molar-refractivity contribution in [3.63, 3.8) is 0 Å². The predicted octanol–water partition coefficient (Wildman–Crippen LogP) is 6.22. The van der Waals surface area contributed by atoms with Crippen LogP contribution in [0, 0.1) is 5.92 Å². The highest BCUT2D eigenvalue weighted by molar-refractivity contribution is 5.24. The fourth-order valence-electron chi connectivity index (χ4n) is 4.24. The lowest BCUT2D eigenvalue weighted by Gasteiger charge is -2.51. The van der Waals surface area contributed by atoms with Crippen molar-refractivity contribution in [1.29, 1.82) is 0 Å². The van der Waals surface area contributed by atoms with Gasteiger partial charge < -0.3 is 9.47 Å². The van der Waals surface area contributed by atoms with Crippen LogP contribution in [0.25, 0.3) is 0 Å². The quantitative estimate of drug-likeness (QED) is 0.392. The van der Waals surface area contributed by atoms with Gasteiger partial charge in [-0.15, -0.1) is 0 Å². The monoisotopic (exact) mass is 415 g/mol. The average molecular weight is 416 g/mol.